The number of rotatable bonds is 3. The molecular formula is C14H13N3O3. The number of amides is 2. The number of aromatic amines is 1. The molecule has 6 nitrogen and oxygen atoms in total. The second-order valence-corrected chi connectivity index (χ2v) is 4.04. The molecule has 2 amide bonds. The third-order valence-electron chi connectivity index (χ3n) is 2.65. The second-order valence-electron chi connectivity index (χ2n) is 4.04. The molecule has 0 radical (unpaired) electrons. The third kappa shape index (κ3) is 3.11. The lowest BCUT2D eigenvalue weighted by atomic mass is 10.2. The van der Waals surface area contributed by atoms with E-state index in [2.05, 4.69) is 15.6 Å². The summed E-state index contributed by atoms with van der Waals surface area (Å²) in [4.78, 5) is 36.8. The fraction of sp³-hybridized carbons (Fsp3) is 0.0714. The van der Waals surface area contributed by atoms with Gasteiger partial charge < -0.3 is 15.6 Å². The smallest absolute Gasteiger partial charge is 0.272 e. The van der Waals surface area contributed by atoms with E-state index in [0.29, 0.717) is 11.3 Å². The minimum Gasteiger partial charge on any atom is -0.355 e. The Kier molecular flexibility index (Phi) is 3.95. The quantitative estimate of drug-likeness (QED) is 0.777. The van der Waals surface area contributed by atoms with Gasteiger partial charge in [0.15, 0.2) is 0 Å². The maximum Gasteiger partial charge on any atom is 0.272 e. The fourth-order valence-electron chi connectivity index (χ4n) is 1.63. The molecule has 2 rings (SSSR count). The molecule has 0 saturated carbocycles. The van der Waals surface area contributed by atoms with E-state index in [1.54, 1.807) is 31.3 Å². The van der Waals surface area contributed by atoms with Crippen LogP contribution in [0, 0.1) is 0 Å². The first-order valence-electron chi connectivity index (χ1n) is 5.93. The summed E-state index contributed by atoms with van der Waals surface area (Å²) in [6.07, 6.45) is 0. The van der Waals surface area contributed by atoms with Crippen LogP contribution in [-0.2, 0) is 0 Å². The molecule has 0 atom stereocenters. The molecule has 0 aliphatic rings. The second kappa shape index (κ2) is 5.83. The van der Waals surface area contributed by atoms with Crippen LogP contribution in [0.2, 0.25) is 0 Å². The van der Waals surface area contributed by atoms with E-state index in [9.17, 15) is 14.4 Å². The molecule has 3 N–H and O–H groups in total. The summed E-state index contributed by atoms with van der Waals surface area (Å²) >= 11 is 0. The van der Waals surface area contributed by atoms with Crippen LogP contribution in [0.5, 0.6) is 0 Å². The highest BCUT2D eigenvalue weighted by Gasteiger charge is 2.07. The van der Waals surface area contributed by atoms with Crippen LogP contribution in [0.15, 0.2) is 47.3 Å². The molecule has 0 spiro atoms. The van der Waals surface area contributed by atoms with E-state index in [1.165, 1.54) is 18.2 Å². The first-order chi connectivity index (χ1) is 9.60. The maximum atomic E-state index is 11.9. The molecule has 0 unspecified atom stereocenters. The van der Waals surface area contributed by atoms with Crippen LogP contribution in [-0.4, -0.2) is 23.8 Å². The Balaban J connectivity index is 2.12. The normalized spacial score (nSPS) is 9.85. The molecule has 2 aromatic rings. The summed E-state index contributed by atoms with van der Waals surface area (Å²) in [5.74, 6) is -0.620. The first kappa shape index (κ1) is 13.5. The van der Waals surface area contributed by atoms with Crippen molar-refractivity contribution in [3.8, 4) is 0 Å². The molecule has 1 aromatic carbocycles. The van der Waals surface area contributed by atoms with E-state index in [1.807, 2.05) is 0 Å². The van der Waals surface area contributed by atoms with Crippen molar-refractivity contribution in [2.45, 2.75) is 0 Å². The van der Waals surface area contributed by atoms with Crippen LogP contribution < -0.4 is 16.2 Å². The van der Waals surface area contributed by atoms with E-state index in [-0.39, 0.29) is 17.2 Å². The number of nitrogens with one attached hydrogen (secondary N) is 3. The van der Waals surface area contributed by atoms with Crippen LogP contribution in [0.1, 0.15) is 20.8 Å². The van der Waals surface area contributed by atoms with Gasteiger partial charge in [-0.15, -0.1) is 0 Å². The van der Waals surface area contributed by atoms with Gasteiger partial charge in [-0.25, -0.2) is 0 Å². The van der Waals surface area contributed by atoms with Crippen molar-refractivity contribution in [3.05, 3.63) is 64.1 Å². The largest absolute Gasteiger partial charge is 0.355 e. The third-order valence-corrected chi connectivity index (χ3v) is 2.65. The Morgan fingerprint density at radius 1 is 1.00 bits per heavy atom. The van der Waals surface area contributed by atoms with Crippen molar-refractivity contribution in [3.63, 3.8) is 0 Å². The van der Waals surface area contributed by atoms with Gasteiger partial charge in [-0.1, -0.05) is 6.07 Å². The predicted molar refractivity (Wildman–Crippen MR) is 74.8 cm³/mol. The highest BCUT2D eigenvalue weighted by atomic mass is 16.2. The number of H-pyrrole nitrogens is 1. The van der Waals surface area contributed by atoms with Gasteiger partial charge in [-0.05, 0) is 30.3 Å². The monoisotopic (exact) mass is 271 g/mol. The molecule has 0 bridgehead atoms. The van der Waals surface area contributed by atoms with Crippen LogP contribution >= 0.6 is 0 Å². The number of carbonyl (C=O) groups is 2. The van der Waals surface area contributed by atoms with Crippen LogP contribution in [0.25, 0.3) is 0 Å². The van der Waals surface area contributed by atoms with Crippen LogP contribution in [0.3, 0.4) is 0 Å². The SMILES string of the molecule is CNC(=O)c1ccc(NC(=O)c2cccc(=O)[nH]2)cc1. The van der Waals surface area contributed by atoms with Gasteiger partial charge in [0.2, 0.25) is 5.56 Å². The van der Waals surface area contributed by atoms with Crippen molar-refractivity contribution < 1.29 is 9.59 Å². The van der Waals surface area contributed by atoms with E-state index in [0.717, 1.165) is 0 Å². The first-order valence-corrected chi connectivity index (χ1v) is 5.93. The number of benzene rings is 1. The molecule has 0 fully saturated rings. The number of hydrogen-bond donors (Lipinski definition) is 3. The van der Waals surface area contributed by atoms with Crippen molar-refractivity contribution in [2.75, 3.05) is 12.4 Å². The summed E-state index contributed by atoms with van der Waals surface area (Å²) in [7, 11) is 1.55. The number of anilines is 1. The summed E-state index contributed by atoms with van der Waals surface area (Å²) in [5, 5.41) is 5.14. The topological polar surface area (TPSA) is 91.1 Å². The molecule has 102 valence electrons. The molecule has 0 aliphatic heterocycles. The Morgan fingerprint density at radius 2 is 1.70 bits per heavy atom. The average Bonchev–Trinajstić information content (AvgIpc) is 2.47. The van der Waals surface area contributed by atoms with Gasteiger partial charge in [0, 0.05) is 24.4 Å². The zero-order valence-electron chi connectivity index (χ0n) is 10.8. The standard InChI is InChI=1S/C14H13N3O3/c1-15-13(19)9-5-7-10(8-6-9)16-14(20)11-3-2-4-12(18)17-11/h2-8H,1H3,(H,15,19)(H,16,20)(H,17,18). The minimum absolute atomic E-state index is 0.174. The molecular weight excluding hydrogens is 258 g/mol. The van der Waals surface area contributed by atoms with Crippen molar-refractivity contribution in [1.82, 2.24) is 10.3 Å². The van der Waals surface area contributed by atoms with Crippen molar-refractivity contribution in [2.24, 2.45) is 0 Å². The lowest BCUT2D eigenvalue weighted by Crippen LogP contribution is -2.19. The zero-order valence-corrected chi connectivity index (χ0v) is 10.8. The highest BCUT2D eigenvalue weighted by Crippen LogP contribution is 2.10. The maximum absolute atomic E-state index is 11.9. The summed E-state index contributed by atoms with van der Waals surface area (Å²) in [5.41, 5.74) is 0.867. The fourth-order valence-corrected chi connectivity index (χ4v) is 1.63. The summed E-state index contributed by atoms with van der Waals surface area (Å²) in [6.45, 7) is 0. The molecule has 6 heteroatoms. The summed E-state index contributed by atoms with van der Waals surface area (Å²) < 4.78 is 0. The molecule has 20 heavy (non-hydrogen) atoms. The lowest BCUT2D eigenvalue weighted by molar-refractivity contribution is 0.0962. The molecule has 1 aromatic heterocycles. The Labute approximate surface area is 114 Å². The molecule has 1 heterocycles. The Bertz CT molecular complexity index is 689. The van der Waals surface area contributed by atoms with Gasteiger partial charge in [-0.3, -0.25) is 14.4 Å². The van der Waals surface area contributed by atoms with E-state index >= 15 is 0 Å². The minimum atomic E-state index is -0.421. The van der Waals surface area contributed by atoms with Crippen molar-refractivity contribution in [1.29, 1.82) is 0 Å². The molecule has 0 saturated heterocycles. The molecule has 0 aliphatic carbocycles. The Hall–Kier alpha value is -2.89. The predicted octanol–water partition coefficient (Wildman–Crippen LogP) is 0.987. The van der Waals surface area contributed by atoms with E-state index in [4.69, 9.17) is 0 Å². The summed E-state index contributed by atoms with van der Waals surface area (Å²) in [6, 6.07) is 10.8. The number of hydrogen-bond acceptors (Lipinski definition) is 3. The average molecular weight is 271 g/mol. The van der Waals surface area contributed by atoms with Crippen molar-refractivity contribution >= 4 is 17.5 Å². The number of pyridine rings is 1. The van der Waals surface area contributed by atoms with E-state index < -0.39 is 5.91 Å². The Morgan fingerprint density at radius 3 is 2.30 bits per heavy atom. The van der Waals surface area contributed by atoms with Gasteiger partial charge in [0.05, 0.1) is 0 Å². The van der Waals surface area contributed by atoms with Gasteiger partial charge in [-0.2, -0.15) is 0 Å². The number of carbonyl (C=O) groups excluding carboxylic acids is 2. The highest BCUT2D eigenvalue weighted by molar-refractivity contribution is 6.03. The zero-order chi connectivity index (χ0) is 14.5. The van der Waals surface area contributed by atoms with Crippen LogP contribution in [0.4, 0.5) is 5.69 Å². The van der Waals surface area contributed by atoms with Gasteiger partial charge in [0.25, 0.3) is 11.8 Å². The lowest BCUT2D eigenvalue weighted by Gasteiger charge is -2.06. The van der Waals surface area contributed by atoms with Gasteiger partial charge >= 0.3 is 0 Å². The number of aromatic nitrogens is 1. The van der Waals surface area contributed by atoms with Gasteiger partial charge in [0.1, 0.15) is 5.69 Å².